The molecule has 3 rings (SSSR count). The predicted molar refractivity (Wildman–Crippen MR) is 78.9 cm³/mol. The lowest BCUT2D eigenvalue weighted by Crippen LogP contribution is -2.20. The summed E-state index contributed by atoms with van der Waals surface area (Å²) in [6.45, 7) is 4.78. The van der Waals surface area contributed by atoms with Gasteiger partial charge in [-0.15, -0.1) is 0 Å². The van der Waals surface area contributed by atoms with Gasteiger partial charge in [0.1, 0.15) is 5.75 Å². The van der Waals surface area contributed by atoms with Gasteiger partial charge in [-0.05, 0) is 81.8 Å². The van der Waals surface area contributed by atoms with Crippen molar-refractivity contribution in [1.29, 1.82) is 0 Å². The monoisotopic (exact) mass is 259 g/mol. The number of likely N-dealkylation sites (tertiary alicyclic amines) is 1. The van der Waals surface area contributed by atoms with E-state index in [9.17, 15) is 0 Å². The summed E-state index contributed by atoms with van der Waals surface area (Å²) in [4.78, 5) is 2.60. The first-order chi connectivity index (χ1) is 9.42. The highest BCUT2D eigenvalue weighted by atomic mass is 16.5. The van der Waals surface area contributed by atoms with Crippen molar-refractivity contribution in [2.75, 3.05) is 26.2 Å². The third-order valence-corrected chi connectivity index (χ3v) is 4.37. The maximum Gasteiger partial charge on any atom is 0.122 e. The lowest BCUT2D eigenvalue weighted by molar-refractivity contribution is 0.316. The molecule has 1 aromatic carbocycles. The summed E-state index contributed by atoms with van der Waals surface area (Å²) in [5, 5.41) is 0. The van der Waals surface area contributed by atoms with Gasteiger partial charge in [0, 0.05) is 0 Å². The van der Waals surface area contributed by atoms with Crippen LogP contribution in [-0.2, 0) is 12.8 Å². The van der Waals surface area contributed by atoms with Gasteiger partial charge in [-0.3, -0.25) is 0 Å². The van der Waals surface area contributed by atoms with Gasteiger partial charge in [-0.25, -0.2) is 0 Å². The number of aryl methyl sites for hydroxylation is 2. The van der Waals surface area contributed by atoms with Crippen LogP contribution in [0.5, 0.6) is 5.75 Å². The quantitative estimate of drug-likeness (QED) is 0.821. The summed E-state index contributed by atoms with van der Waals surface area (Å²) in [7, 11) is 0. The van der Waals surface area contributed by atoms with E-state index in [1.54, 1.807) is 0 Å². The number of benzene rings is 1. The molecule has 0 aromatic heterocycles. The molecular formula is C17H25NO. The van der Waals surface area contributed by atoms with Crippen LogP contribution in [0, 0.1) is 0 Å². The van der Waals surface area contributed by atoms with Crippen LogP contribution in [0.15, 0.2) is 18.2 Å². The second-order valence-corrected chi connectivity index (χ2v) is 5.90. The Bertz CT molecular complexity index is 410. The third kappa shape index (κ3) is 3.50. The van der Waals surface area contributed by atoms with Gasteiger partial charge in [-0.1, -0.05) is 12.1 Å². The molecule has 2 heterocycles. The number of hydrogen-bond donors (Lipinski definition) is 0. The normalized spacial score (nSPS) is 19.8. The largest absolute Gasteiger partial charge is 0.493 e. The van der Waals surface area contributed by atoms with E-state index >= 15 is 0 Å². The summed E-state index contributed by atoms with van der Waals surface area (Å²) in [5.41, 5.74) is 2.85. The van der Waals surface area contributed by atoms with Crippen molar-refractivity contribution < 1.29 is 4.74 Å². The molecule has 0 atom stereocenters. The summed E-state index contributed by atoms with van der Waals surface area (Å²) in [5.74, 6) is 1.15. The maximum absolute atomic E-state index is 5.86. The number of hydrogen-bond acceptors (Lipinski definition) is 2. The van der Waals surface area contributed by atoms with Crippen LogP contribution >= 0.6 is 0 Å². The van der Waals surface area contributed by atoms with Crippen LogP contribution < -0.4 is 4.74 Å². The van der Waals surface area contributed by atoms with E-state index in [0.717, 1.165) is 12.4 Å². The van der Waals surface area contributed by atoms with Gasteiger partial charge < -0.3 is 9.64 Å². The molecule has 104 valence electrons. The van der Waals surface area contributed by atoms with Crippen molar-refractivity contribution in [2.24, 2.45) is 0 Å². The van der Waals surface area contributed by atoms with E-state index in [1.165, 1.54) is 75.7 Å². The number of fused-ring (bicyclic) bond motifs is 1. The van der Waals surface area contributed by atoms with Gasteiger partial charge in [0.05, 0.1) is 6.61 Å². The Labute approximate surface area is 116 Å². The first-order valence-electron chi connectivity index (χ1n) is 7.89. The van der Waals surface area contributed by atoms with Crippen LogP contribution in [0.25, 0.3) is 0 Å². The predicted octanol–water partition coefficient (Wildman–Crippen LogP) is 3.43. The number of nitrogens with zero attached hydrogens (tertiary/aromatic N) is 1. The van der Waals surface area contributed by atoms with E-state index in [-0.39, 0.29) is 0 Å². The zero-order chi connectivity index (χ0) is 12.9. The smallest absolute Gasteiger partial charge is 0.122 e. The highest BCUT2D eigenvalue weighted by Gasteiger charge is 2.12. The molecule has 2 heteroatoms. The molecule has 2 aliphatic heterocycles. The molecule has 1 saturated heterocycles. The van der Waals surface area contributed by atoms with Crippen LogP contribution in [-0.4, -0.2) is 31.1 Å². The van der Waals surface area contributed by atoms with E-state index < -0.39 is 0 Å². The third-order valence-electron chi connectivity index (χ3n) is 4.37. The Kier molecular flexibility index (Phi) is 4.39. The van der Waals surface area contributed by atoms with Gasteiger partial charge in [0.2, 0.25) is 0 Å². The lowest BCUT2D eigenvalue weighted by atomic mass is 10.0. The van der Waals surface area contributed by atoms with Crippen molar-refractivity contribution >= 4 is 0 Å². The second-order valence-electron chi connectivity index (χ2n) is 5.90. The average Bonchev–Trinajstić information content (AvgIpc) is 2.83. The molecule has 2 nitrogen and oxygen atoms in total. The summed E-state index contributed by atoms with van der Waals surface area (Å²) >= 11 is 0. The van der Waals surface area contributed by atoms with Crippen molar-refractivity contribution in [2.45, 2.75) is 44.9 Å². The average molecular weight is 259 g/mol. The molecule has 0 spiro atoms. The standard InChI is InChI=1S/C17H25NO/c1-4-13-19-17-14-15(8-9-16(17)7-1)6-5-12-18-10-2-3-11-18/h8-9,14H,1-7,10-13H2. The number of rotatable bonds is 4. The molecule has 19 heavy (non-hydrogen) atoms. The van der Waals surface area contributed by atoms with Crippen LogP contribution in [0.2, 0.25) is 0 Å². The van der Waals surface area contributed by atoms with E-state index in [2.05, 4.69) is 23.1 Å². The summed E-state index contributed by atoms with van der Waals surface area (Å²) in [6.07, 6.45) is 8.90. The molecule has 2 aliphatic rings. The highest BCUT2D eigenvalue weighted by molar-refractivity contribution is 5.38. The number of ether oxygens (including phenoxy) is 1. The Morgan fingerprint density at radius 1 is 1.05 bits per heavy atom. The topological polar surface area (TPSA) is 12.5 Å². The molecule has 0 saturated carbocycles. The van der Waals surface area contributed by atoms with Crippen LogP contribution in [0.1, 0.15) is 43.2 Å². The van der Waals surface area contributed by atoms with Gasteiger partial charge >= 0.3 is 0 Å². The second kappa shape index (κ2) is 6.42. The molecular weight excluding hydrogens is 234 g/mol. The lowest BCUT2D eigenvalue weighted by Gasteiger charge is -2.14. The minimum absolute atomic E-state index is 0.893. The fraction of sp³-hybridized carbons (Fsp3) is 0.647. The summed E-state index contributed by atoms with van der Waals surface area (Å²) < 4.78 is 5.86. The summed E-state index contributed by atoms with van der Waals surface area (Å²) in [6, 6.07) is 6.87. The molecule has 0 unspecified atom stereocenters. The zero-order valence-corrected chi connectivity index (χ0v) is 11.9. The van der Waals surface area contributed by atoms with Gasteiger partial charge in [-0.2, -0.15) is 0 Å². The molecule has 0 amide bonds. The van der Waals surface area contributed by atoms with Gasteiger partial charge in [0.15, 0.2) is 0 Å². The molecule has 1 fully saturated rings. The maximum atomic E-state index is 5.86. The van der Waals surface area contributed by atoms with Crippen LogP contribution in [0.4, 0.5) is 0 Å². The minimum Gasteiger partial charge on any atom is -0.493 e. The Balaban J connectivity index is 1.54. The fourth-order valence-corrected chi connectivity index (χ4v) is 3.21. The van der Waals surface area contributed by atoms with Crippen molar-refractivity contribution in [1.82, 2.24) is 4.90 Å². The molecule has 1 aromatic rings. The van der Waals surface area contributed by atoms with Crippen molar-refractivity contribution in [3.05, 3.63) is 29.3 Å². The van der Waals surface area contributed by atoms with Crippen molar-refractivity contribution in [3.63, 3.8) is 0 Å². The van der Waals surface area contributed by atoms with Crippen LogP contribution in [0.3, 0.4) is 0 Å². The Hall–Kier alpha value is -1.02. The van der Waals surface area contributed by atoms with Crippen molar-refractivity contribution in [3.8, 4) is 5.75 Å². The van der Waals surface area contributed by atoms with E-state index in [1.807, 2.05) is 0 Å². The first-order valence-corrected chi connectivity index (χ1v) is 7.89. The van der Waals surface area contributed by atoms with E-state index in [0.29, 0.717) is 0 Å². The SMILES string of the molecule is c1cc2c(cc1CCCN1CCCC1)OCCCC2. The zero-order valence-electron chi connectivity index (χ0n) is 11.9. The fourth-order valence-electron chi connectivity index (χ4n) is 3.21. The highest BCUT2D eigenvalue weighted by Crippen LogP contribution is 2.26. The Morgan fingerprint density at radius 3 is 2.84 bits per heavy atom. The Morgan fingerprint density at radius 2 is 1.95 bits per heavy atom. The molecule has 0 aliphatic carbocycles. The minimum atomic E-state index is 0.893. The molecule has 0 bridgehead atoms. The van der Waals surface area contributed by atoms with Gasteiger partial charge in [0.25, 0.3) is 0 Å². The molecule has 0 N–H and O–H groups in total. The molecule has 0 radical (unpaired) electrons. The van der Waals surface area contributed by atoms with E-state index in [4.69, 9.17) is 4.74 Å². The first kappa shape index (κ1) is 13.0.